The van der Waals surface area contributed by atoms with E-state index in [9.17, 15) is 18.8 Å². The molecule has 1 aliphatic heterocycles. The summed E-state index contributed by atoms with van der Waals surface area (Å²) in [5.74, 6) is -1.39. The topological polar surface area (TPSA) is 81.0 Å². The second-order valence-corrected chi connectivity index (χ2v) is 7.92. The Balaban J connectivity index is 1.67. The summed E-state index contributed by atoms with van der Waals surface area (Å²) in [6, 6.07) is 10.9. The first-order valence-electron chi connectivity index (χ1n) is 9.90. The molecule has 1 aromatic heterocycles. The van der Waals surface area contributed by atoms with E-state index in [1.165, 1.54) is 29.5 Å². The highest BCUT2D eigenvalue weighted by Crippen LogP contribution is 2.23. The fourth-order valence-electron chi connectivity index (χ4n) is 3.45. The average Bonchev–Trinajstić information content (AvgIpc) is 3.28. The number of rotatable bonds is 6. The lowest BCUT2D eigenvalue weighted by molar-refractivity contribution is -0.121. The Morgan fingerprint density at radius 3 is 2.52 bits per heavy atom. The number of hydrogen-bond acceptors (Lipinski definition) is 5. The van der Waals surface area contributed by atoms with E-state index in [1.807, 2.05) is 6.92 Å². The number of carbonyl (C=O) groups is 3. The first-order valence-corrected chi connectivity index (χ1v) is 10.7. The molecule has 0 unspecified atom stereocenters. The van der Waals surface area contributed by atoms with E-state index in [-0.39, 0.29) is 30.5 Å². The Bertz CT molecular complexity index is 1210. The molecule has 0 bridgehead atoms. The molecule has 3 amide bonds. The number of fused-ring (bicyclic) bond motifs is 1. The van der Waals surface area contributed by atoms with Gasteiger partial charge in [-0.15, -0.1) is 0 Å². The van der Waals surface area contributed by atoms with Gasteiger partial charge in [-0.05, 0) is 43.3 Å². The van der Waals surface area contributed by atoms with Crippen LogP contribution in [0.4, 0.5) is 10.1 Å². The maximum atomic E-state index is 14.4. The van der Waals surface area contributed by atoms with Gasteiger partial charge in [-0.1, -0.05) is 17.4 Å². The fraction of sp³-hybridized carbons (Fsp3) is 0.273. The minimum atomic E-state index is -0.497. The lowest BCUT2D eigenvalue weighted by Crippen LogP contribution is -2.28. The van der Waals surface area contributed by atoms with E-state index in [0.717, 1.165) is 4.90 Å². The van der Waals surface area contributed by atoms with Crippen molar-refractivity contribution in [2.45, 2.75) is 26.3 Å². The van der Waals surface area contributed by atoms with Gasteiger partial charge in [0.05, 0.1) is 22.5 Å². The molecule has 1 fully saturated rings. The van der Waals surface area contributed by atoms with Gasteiger partial charge in [0.15, 0.2) is 4.80 Å². The molecular formula is C22H20FN3O4S. The summed E-state index contributed by atoms with van der Waals surface area (Å²) >= 11 is 1.23. The van der Waals surface area contributed by atoms with Gasteiger partial charge < -0.3 is 9.30 Å². The Hall–Kier alpha value is -3.17. The van der Waals surface area contributed by atoms with Crippen molar-refractivity contribution in [2.75, 3.05) is 18.1 Å². The number of anilines is 1. The minimum absolute atomic E-state index is 0.194. The smallest absolute Gasteiger partial charge is 0.279 e. The second-order valence-electron chi connectivity index (χ2n) is 6.91. The second kappa shape index (κ2) is 8.91. The van der Waals surface area contributed by atoms with Crippen LogP contribution >= 0.6 is 11.3 Å². The predicted octanol–water partition coefficient (Wildman–Crippen LogP) is 3.27. The van der Waals surface area contributed by atoms with Gasteiger partial charge in [-0.3, -0.25) is 19.3 Å². The van der Waals surface area contributed by atoms with Gasteiger partial charge in [-0.2, -0.15) is 4.99 Å². The summed E-state index contributed by atoms with van der Waals surface area (Å²) in [6.45, 7) is 3.13. The number of nitrogens with zero attached hydrogens (tertiary/aromatic N) is 3. The van der Waals surface area contributed by atoms with Crippen molar-refractivity contribution in [3.8, 4) is 0 Å². The molecule has 160 valence electrons. The van der Waals surface area contributed by atoms with Gasteiger partial charge in [0.25, 0.3) is 5.91 Å². The molecule has 0 radical (unpaired) electrons. The number of carbonyl (C=O) groups excluding carboxylic acids is 3. The summed E-state index contributed by atoms with van der Waals surface area (Å²) in [5.41, 5.74) is 1.12. The SMILES string of the molecule is CCOCCn1c(=NC(=O)c2ccc(N3C(=O)CCC3=O)cc2)sc2cccc(F)c21. The first-order chi connectivity index (χ1) is 15.0. The number of para-hydroxylation sites is 1. The van der Waals surface area contributed by atoms with E-state index in [4.69, 9.17) is 4.74 Å². The van der Waals surface area contributed by atoms with Gasteiger partial charge in [0.1, 0.15) is 5.82 Å². The molecule has 2 heterocycles. The molecule has 4 rings (SSSR count). The zero-order chi connectivity index (χ0) is 22.0. The number of ether oxygens (including phenoxy) is 1. The summed E-state index contributed by atoms with van der Waals surface area (Å²) in [6.07, 6.45) is 0.387. The number of benzene rings is 2. The molecule has 0 saturated carbocycles. The van der Waals surface area contributed by atoms with Gasteiger partial charge in [0.2, 0.25) is 11.8 Å². The minimum Gasteiger partial charge on any atom is -0.380 e. The van der Waals surface area contributed by atoms with Crippen LogP contribution in [0.25, 0.3) is 10.2 Å². The maximum Gasteiger partial charge on any atom is 0.279 e. The Morgan fingerprint density at radius 2 is 1.84 bits per heavy atom. The lowest BCUT2D eigenvalue weighted by Gasteiger charge is -2.13. The van der Waals surface area contributed by atoms with Gasteiger partial charge >= 0.3 is 0 Å². The van der Waals surface area contributed by atoms with Crippen molar-refractivity contribution in [1.82, 2.24) is 4.57 Å². The van der Waals surface area contributed by atoms with Crippen molar-refractivity contribution in [2.24, 2.45) is 4.99 Å². The zero-order valence-electron chi connectivity index (χ0n) is 16.8. The zero-order valence-corrected chi connectivity index (χ0v) is 17.7. The van der Waals surface area contributed by atoms with E-state index in [2.05, 4.69) is 4.99 Å². The largest absolute Gasteiger partial charge is 0.380 e. The summed E-state index contributed by atoms with van der Waals surface area (Å²) in [4.78, 5) is 42.3. The molecule has 0 spiro atoms. The number of hydrogen-bond donors (Lipinski definition) is 0. The number of thiazole rings is 1. The molecule has 1 aliphatic rings. The summed E-state index contributed by atoms with van der Waals surface area (Å²) in [7, 11) is 0. The van der Waals surface area contributed by atoms with Gasteiger partial charge in [-0.25, -0.2) is 4.39 Å². The lowest BCUT2D eigenvalue weighted by atomic mass is 10.2. The Kier molecular flexibility index (Phi) is 6.06. The quantitative estimate of drug-likeness (QED) is 0.434. The number of imide groups is 1. The highest BCUT2D eigenvalue weighted by molar-refractivity contribution is 7.16. The normalized spacial score (nSPS) is 14.8. The molecule has 2 aromatic carbocycles. The van der Waals surface area contributed by atoms with Crippen molar-refractivity contribution in [3.63, 3.8) is 0 Å². The van der Waals surface area contributed by atoms with Crippen LogP contribution in [0.1, 0.15) is 30.1 Å². The molecule has 9 heteroatoms. The fourth-order valence-corrected chi connectivity index (χ4v) is 4.52. The van der Waals surface area contributed by atoms with E-state index in [1.54, 1.807) is 28.8 Å². The Labute approximate surface area is 181 Å². The van der Waals surface area contributed by atoms with Gasteiger partial charge in [0, 0.05) is 31.6 Å². The third-order valence-corrected chi connectivity index (χ3v) is 5.98. The van der Waals surface area contributed by atoms with Crippen LogP contribution in [-0.4, -0.2) is 35.5 Å². The molecule has 0 atom stereocenters. The van der Waals surface area contributed by atoms with Crippen molar-refractivity contribution in [1.29, 1.82) is 0 Å². The number of amides is 3. The van der Waals surface area contributed by atoms with Crippen LogP contribution in [-0.2, 0) is 20.9 Å². The molecule has 0 N–H and O–H groups in total. The van der Waals surface area contributed by atoms with Crippen LogP contribution in [0.15, 0.2) is 47.5 Å². The number of aromatic nitrogens is 1. The molecule has 1 saturated heterocycles. The summed E-state index contributed by atoms with van der Waals surface area (Å²) < 4.78 is 22.2. The highest BCUT2D eigenvalue weighted by Gasteiger charge is 2.30. The standard InChI is InChI=1S/C22H20FN3O4S/c1-2-30-13-12-25-20-16(23)4-3-5-17(20)31-22(25)24-21(29)14-6-8-15(9-7-14)26-18(27)10-11-19(26)28/h3-9H,2,10-13H2,1H3. The number of halogens is 1. The first kappa shape index (κ1) is 21.1. The molecular weight excluding hydrogens is 421 g/mol. The van der Waals surface area contributed by atoms with Crippen LogP contribution in [0, 0.1) is 5.82 Å². The maximum absolute atomic E-state index is 14.4. The Morgan fingerprint density at radius 1 is 1.13 bits per heavy atom. The van der Waals surface area contributed by atoms with Crippen molar-refractivity contribution in [3.05, 3.63) is 58.6 Å². The van der Waals surface area contributed by atoms with Crippen molar-refractivity contribution >= 4 is 45.0 Å². The predicted molar refractivity (Wildman–Crippen MR) is 114 cm³/mol. The van der Waals surface area contributed by atoms with E-state index in [0.29, 0.717) is 46.0 Å². The van der Waals surface area contributed by atoms with Crippen molar-refractivity contribution < 1.29 is 23.5 Å². The summed E-state index contributed by atoms with van der Waals surface area (Å²) in [5, 5.41) is 0. The van der Waals surface area contributed by atoms with Crippen LogP contribution in [0.2, 0.25) is 0 Å². The molecule has 31 heavy (non-hydrogen) atoms. The van der Waals surface area contributed by atoms with Crippen LogP contribution in [0.5, 0.6) is 0 Å². The highest BCUT2D eigenvalue weighted by atomic mass is 32.1. The van der Waals surface area contributed by atoms with Crippen LogP contribution < -0.4 is 9.70 Å². The van der Waals surface area contributed by atoms with E-state index >= 15 is 0 Å². The monoisotopic (exact) mass is 441 g/mol. The third kappa shape index (κ3) is 4.19. The molecule has 7 nitrogen and oxygen atoms in total. The third-order valence-electron chi connectivity index (χ3n) is 4.94. The molecule has 3 aromatic rings. The average molecular weight is 441 g/mol. The van der Waals surface area contributed by atoms with E-state index < -0.39 is 5.91 Å². The van der Waals surface area contributed by atoms with Crippen LogP contribution in [0.3, 0.4) is 0 Å². The molecule has 0 aliphatic carbocycles.